The SMILES string of the molecule is COc1ccc(F)c(C2CCCCN2)c1C. The van der Waals surface area contributed by atoms with Crippen LogP contribution in [0, 0.1) is 12.7 Å². The Kier molecular flexibility index (Phi) is 3.44. The van der Waals surface area contributed by atoms with E-state index >= 15 is 0 Å². The van der Waals surface area contributed by atoms with Crippen LogP contribution in [0.3, 0.4) is 0 Å². The highest BCUT2D eigenvalue weighted by molar-refractivity contribution is 5.42. The normalized spacial score (nSPS) is 20.8. The summed E-state index contributed by atoms with van der Waals surface area (Å²) in [6.45, 7) is 2.90. The zero-order chi connectivity index (χ0) is 11.5. The van der Waals surface area contributed by atoms with Crippen LogP contribution >= 0.6 is 0 Å². The molecular formula is C13H18FNO. The predicted molar refractivity (Wildman–Crippen MR) is 62.3 cm³/mol. The average molecular weight is 223 g/mol. The summed E-state index contributed by atoms with van der Waals surface area (Å²) in [6, 6.07) is 3.33. The fourth-order valence-electron chi connectivity index (χ4n) is 2.42. The van der Waals surface area contributed by atoms with Crippen molar-refractivity contribution in [1.82, 2.24) is 5.32 Å². The lowest BCUT2D eigenvalue weighted by Gasteiger charge is -2.26. The topological polar surface area (TPSA) is 21.3 Å². The third-order valence-corrected chi connectivity index (χ3v) is 3.29. The van der Waals surface area contributed by atoms with Crippen molar-refractivity contribution in [2.75, 3.05) is 13.7 Å². The van der Waals surface area contributed by atoms with E-state index in [0.29, 0.717) is 0 Å². The first-order chi connectivity index (χ1) is 7.74. The summed E-state index contributed by atoms with van der Waals surface area (Å²) >= 11 is 0. The fourth-order valence-corrected chi connectivity index (χ4v) is 2.42. The lowest BCUT2D eigenvalue weighted by Crippen LogP contribution is -2.28. The van der Waals surface area contributed by atoms with Gasteiger partial charge in [0.25, 0.3) is 0 Å². The zero-order valence-corrected chi connectivity index (χ0v) is 9.85. The maximum Gasteiger partial charge on any atom is 0.128 e. The summed E-state index contributed by atoms with van der Waals surface area (Å²) < 4.78 is 19.1. The number of rotatable bonds is 2. The number of methoxy groups -OCH3 is 1. The van der Waals surface area contributed by atoms with Crippen LogP contribution in [0.15, 0.2) is 12.1 Å². The van der Waals surface area contributed by atoms with Gasteiger partial charge in [0.05, 0.1) is 7.11 Å². The summed E-state index contributed by atoms with van der Waals surface area (Å²) in [5.74, 6) is 0.640. The van der Waals surface area contributed by atoms with Gasteiger partial charge in [0, 0.05) is 11.6 Å². The minimum Gasteiger partial charge on any atom is -0.496 e. The molecule has 2 rings (SSSR count). The Morgan fingerprint density at radius 1 is 1.38 bits per heavy atom. The fraction of sp³-hybridized carbons (Fsp3) is 0.538. The van der Waals surface area contributed by atoms with E-state index in [1.54, 1.807) is 13.2 Å². The Balaban J connectivity index is 2.37. The highest BCUT2D eigenvalue weighted by Gasteiger charge is 2.21. The molecule has 1 aromatic carbocycles. The number of hydrogen-bond donors (Lipinski definition) is 1. The molecule has 1 aliphatic heterocycles. The van der Waals surface area contributed by atoms with Gasteiger partial charge in [-0.05, 0) is 44.0 Å². The molecule has 1 heterocycles. The molecule has 1 fully saturated rings. The molecule has 88 valence electrons. The second kappa shape index (κ2) is 4.83. The molecule has 0 bridgehead atoms. The van der Waals surface area contributed by atoms with Crippen molar-refractivity contribution in [2.24, 2.45) is 0 Å². The number of hydrogen-bond acceptors (Lipinski definition) is 2. The van der Waals surface area contributed by atoms with Crippen LogP contribution in [0.1, 0.15) is 36.4 Å². The van der Waals surface area contributed by atoms with Gasteiger partial charge in [-0.1, -0.05) is 6.42 Å². The van der Waals surface area contributed by atoms with Crippen molar-refractivity contribution in [3.63, 3.8) is 0 Å². The third kappa shape index (κ3) is 2.05. The minimum atomic E-state index is -0.127. The third-order valence-electron chi connectivity index (χ3n) is 3.29. The molecule has 0 aliphatic carbocycles. The van der Waals surface area contributed by atoms with E-state index in [4.69, 9.17) is 4.74 Å². The van der Waals surface area contributed by atoms with Crippen LogP contribution in [-0.4, -0.2) is 13.7 Å². The molecule has 0 spiro atoms. The van der Waals surface area contributed by atoms with Gasteiger partial charge in [-0.15, -0.1) is 0 Å². The van der Waals surface area contributed by atoms with Crippen molar-refractivity contribution in [3.8, 4) is 5.75 Å². The van der Waals surface area contributed by atoms with Gasteiger partial charge in [-0.3, -0.25) is 0 Å². The summed E-state index contributed by atoms with van der Waals surface area (Å²) in [5, 5.41) is 3.37. The Bertz CT molecular complexity index is 372. The summed E-state index contributed by atoms with van der Waals surface area (Å²) in [4.78, 5) is 0. The van der Waals surface area contributed by atoms with E-state index in [0.717, 1.165) is 36.3 Å². The first-order valence-electron chi connectivity index (χ1n) is 5.80. The van der Waals surface area contributed by atoms with E-state index < -0.39 is 0 Å². The van der Waals surface area contributed by atoms with Crippen LogP contribution in [0.25, 0.3) is 0 Å². The predicted octanol–water partition coefficient (Wildman–Crippen LogP) is 2.96. The molecule has 3 heteroatoms. The van der Waals surface area contributed by atoms with Crippen molar-refractivity contribution in [1.29, 1.82) is 0 Å². The van der Waals surface area contributed by atoms with Gasteiger partial charge in [0.15, 0.2) is 0 Å². The standard InChI is InChI=1S/C13H18FNO/c1-9-12(16-2)7-6-10(14)13(9)11-5-3-4-8-15-11/h6-7,11,15H,3-5,8H2,1-2H3. The lowest BCUT2D eigenvalue weighted by molar-refractivity contribution is 0.385. The highest BCUT2D eigenvalue weighted by atomic mass is 19.1. The van der Waals surface area contributed by atoms with Crippen LogP contribution in [0.2, 0.25) is 0 Å². The number of nitrogens with one attached hydrogen (secondary N) is 1. The van der Waals surface area contributed by atoms with Crippen LogP contribution in [-0.2, 0) is 0 Å². The summed E-state index contributed by atoms with van der Waals surface area (Å²) in [5.41, 5.74) is 1.70. The monoisotopic (exact) mass is 223 g/mol. The summed E-state index contributed by atoms with van der Waals surface area (Å²) in [6.07, 6.45) is 3.35. The molecule has 1 saturated heterocycles. The van der Waals surface area contributed by atoms with Crippen LogP contribution in [0.4, 0.5) is 4.39 Å². The molecule has 0 aromatic heterocycles. The number of benzene rings is 1. The van der Waals surface area contributed by atoms with E-state index in [9.17, 15) is 4.39 Å². The van der Waals surface area contributed by atoms with Gasteiger partial charge in [-0.25, -0.2) is 4.39 Å². The van der Waals surface area contributed by atoms with E-state index in [2.05, 4.69) is 5.32 Å². The number of piperidine rings is 1. The van der Waals surface area contributed by atoms with E-state index in [1.807, 2.05) is 6.92 Å². The van der Waals surface area contributed by atoms with Crippen molar-refractivity contribution < 1.29 is 9.13 Å². The summed E-state index contributed by atoms with van der Waals surface area (Å²) in [7, 11) is 1.62. The van der Waals surface area contributed by atoms with Gasteiger partial charge < -0.3 is 10.1 Å². The molecule has 1 aromatic rings. The Labute approximate surface area is 95.8 Å². The molecule has 1 N–H and O–H groups in total. The Morgan fingerprint density at radius 3 is 2.81 bits per heavy atom. The minimum absolute atomic E-state index is 0.127. The molecule has 16 heavy (non-hydrogen) atoms. The molecule has 0 saturated carbocycles. The lowest BCUT2D eigenvalue weighted by atomic mass is 9.93. The Morgan fingerprint density at radius 2 is 2.19 bits per heavy atom. The molecule has 1 unspecified atom stereocenters. The molecular weight excluding hydrogens is 205 g/mol. The maximum atomic E-state index is 13.9. The molecule has 0 amide bonds. The van der Waals surface area contributed by atoms with Gasteiger partial charge >= 0.3 is 0 Å². The van der Waals surface area contributed by atoms with Crippen molar-refractivity contribution in [3.05, 3.63) is 29.1 Å². The molecule has 1 aliphatic rings. The van der Waals surface area contributed by atoms with Gasteiger partial charge in [0.1, 0.15) is 11.6 Å². The quantitative estimate of drug-likeness (QED) is 0.832. The van der Waals surface area contributed by atoms with E-state index in [1.165, 1.54) is 12.5 Å². The van der Waals surface area contributed by atoms with E-state index in [-0.39, 0.29) is 11.9 Å². The van der Waals surface area contributed by atoms with Crippen molar-refractivity contribution in [2.45, 2.75) is 32.2 Å². The van der Waals surface area contributed by atoms with Crippen molar-refractivity contribution >= 4 is 0 Å². The molecule has 2 nitrogen and oxygen atoms in total. The second-order valence-electron chi connectivity index (χ2n) is 4.29. The Hall–Kier alpha value is -1.09. The smallest absolute Gasteiger partial charge is 0.128 e. The molecule has 1 atom stereocenters. The van der Waals surface area contributed by atoms with Crippen LogP contribution < -0.4 is 10.1 Å². The van der Waals surface area contributed by atoms with Crippen LogP contribution in [0.5, 0.6) is 5.75 Å². The number of ether oxygens (including phenoxy) is 1. The maximum absolute atomic E-state index is 13.9. The zero-order valence-electron chi connectivity index (χ0n) is 9.85. The first kappa shape index (κ1) is 11.4. The molecule has 0 radical (unpaired) electrons. The largest absolute Gasteiger partial charge is 0.496 e. The first-order valence-corrected chi connectivity index (χ1v) is 5.80. The van der Waals surface area contributed by atoms with Gasteiger partial charge in [-0.2, -0.15) is 0 Å². The highest BCUT2D eigenvalue weighted by Crippen LogP contribution is 2.32. The van der Waals surface area contributed by atoms with Gasteiger partial charge in [0.2, 0.25) is 0 Å². The number of halogens is 1. The second-order valence-corrected chi connectivity index (χ2v) is 4.29. The average Bonchev–Trinajstić information content (AvgIpc) is 2.31.